The number of halogens is 1. The van der Waals surface area contributed by atoms with Crippen LogP contribution in [0.15, 0.2) is 34.1 Å². The quantitative estimate of drug-likeness (QED) is 0.680. The maximum atomic E-state index is 12.5. The third kappa shape index (κ3) is 6.22. The molecule has 1 fully saturated rings. The zero-order valence-electron chi connectivity index (χ0n) is 15.7. The summed E-state index contributed by atoms with van der Waals surface area (Å²) < 4.78 is 0.913. The second-order valence-electron chi connectivity index (χ2n) is 6.54. The summed E-state index contributed by atoms with van der Waals surface area (Å²) in [6.07, 6.45) is 0.929. The van der Waals surface area contributed by atoms with Crippen LogP contribution in [0.1, 0.15) is 12.1 Å². The van der Waals surface area contributed by atoms with Gasteiger partial charge in [0, 0.05) is 41.7 Å². The maximum Gasteiger partial charge on any atom is 0.234 e. The summed E-state index contributed by atoms with van der Waals surface area (Å²) in [5.74, 6) is 0.577. The number of carbonyl (C=O) groups is 2. The van der Waals surface area contributed by atoms with E-state index < -0.39 is 0 Å². The first kappa shape index (κ1) is 21.1. The van der Waals surface area contributed by atoms with Gasteiger partial charge in [0.15, 0.2) is 5.13 Å². The Morgan fingerprint density at radius 3 is 2.86 bits per heavy atom. The first-order chi connectivity index (χ1) is 13.5. The van der Waals surface area contributed by atoms with Gasteiger partial charge in [0.1, 0.15) is 0 Å². The molecule has 0 saturated carbocycles. The summed E-state index contributed by atoms with van der Waals surface area (Å²) in [4.78, 5) is 33.3. The van der Waals surface area contributed by atoms with Crippen LogP contribution in [0.3, 0.4) is 0 Å². The average molecular weight is 483 g/mol. The first-order valence-electron chi connectivity index (χ1n) is 9.09. The minimum atomic E-state index is -0.0999. The van der Waals surface area contributed by atoms with E-state index in [9.17, 15) is 9.59 Å². The van der Waals surface area contributed by atoms with Crippen molar-refractivity contribution in [2.75, 3.05) is 47.9 Å². The van der Waals surface area contributed by atoms with E-state index in [4.69, 9.17) is 0 Å². The van der Waals surface area contributed by atoms with Gasteiger partial charge in [0.25, 0.3) is 0 Å². The van der Waals surface area contributed by atoms with Crippen LogP contribution in [0.2, 0.25) is 0 Å². The number of amides is 2. The number of rotatable bonds is 6. The number of thiazole rings is 1. The fourth-order valence-corrected chi connectivity index (χ4v) is 4.90. The van der Waals surface area contributed by atoms with Crippen LogP contribution in [0.5, 0.6) is 0 Å². The Balaban J connectivity index is 1.40. The summed E-state index contributed by atoms with van der Waals surface area (Å²) in [6.45, 7) is 5.16. The number of hydrogen-bond acceptors (Lipinski definition) is 6. The Labute approximate surface area is 181 Å². The normalized spacial score (nSPS) is 14.6. The number of aryl methyl sites for hydroxylation is 1. The summed E-state index contributed by atoms with van der Waals surface area (Å²) >= 11 is 6.39. The van der Waals surface area contributed by atoms with Gasteiger partial charge in [-0.2, -0.15) is 0 Å². The Kier molecular flexibility index (Phi) is 7.75. The smallest absolute Gasteiger partial charge is 0.234 e. The van der Waals surface area contributed by atoms with Crippen LogP contribution in [0.4, 0.5) is 10.8 Å². The van der Waals surface area contributed by atoms with Crippen molar-refractivity contribution in [3.63, 3.8) is 0 Å². The van der Waals surface area contributed by atoms with Crippen molar-refractivity contribution in [1.29, 1.82) is 0 Å². The predicted octanol–water partition coefficient (Wildman–Crippen LogP) is 3.62. The van der Waals surface area contributed by atoms with Gasteiger partial charge in [-0.1, -0.05) is 22.0 Å². The van der Waals surface area contributed by atoms with Gasteiger partial charge in [-0.15, -0.1) is 23.1 Å². The molecule has 0 atom stereocenters. The highest BCUT2D eigenvalue weighted by molar-refractivity contribution is 9.10. The standard InChI is InChI=1S/C19H23BrN4O2S2/c1-14-11-28-19(21-14)24-7-3-6-23(8-9-24)18(26)13-27-12-17(25)22-16-5-2-4-15(20)10-16/h2,4-5,10-11H,3,6-9,12-13H2,1H3,(H,22,25). The number of anilines is 2. The maximum absolute atomic E-state index is 12.5. The van der Waals surface area contributed by atoms with Gasteiger partial charge < -0.3 is 15.1 Å². The van der Waals surface area contributed by atoms with Crippen LogP contribution in [0, 0.1) is 6.92 Å². The molecule has 6 nitrogen and oxygen atoms in total. The molecule has 1 aliphatic rings. The SMILES string of the molecule is Cc1csc(N2CCCN(C(=O)CSCC(=O)Nc3cccc(Br)c3)CC2)n1. The molecule has 150 valence electrons. The molecule has 2 amide bonds. The van der Waals surface area contributed by atoms with Crippen molar-refractivity contribution < 1.29 is 9.59 Å². The lowest BCUT2D eigenvalue weighted by molar-refractivity contribution is -0.128. The molecule has 1 saturated heterocycles. The number of nitrogens with one attached hydrogen (secondary N) is 1. The fraction of sp³-hybridized carbons (Fsp3) is 0.421. The van der Waals surface area contributed by atoms with Gasteiger partial charge in [-0.3, -0.25) is 9.59 Å². The molecule has 1 N–H and O–H groups in total. The molecule has 0 spiro atoms. The number of thioether (sulfide) groups is 1. The lowest BCUT2D eigenvalue weighted by atomic mass is 10.3. The van der Waals surface area contributed by atoms with Crippen LogP contribution in [-0.2, 0) is 9.59 Å². The third-order valence-electron chi connectivity index (χ3n) is 4.29. The minimum Gasteiger partial charge on any atom is -0.346 e. The van der Waals surface area contributed by atoms with Gasteiger partial charge in [-0.25, -0.2) is 4.98 Å². The molecule has 1 aliphatic heterocycles. The van der Waals surface area contributed by atoms with Crippen molar-refractivity contribution in [3.8, 4) is 0 Å². The van der Waals surface area contributed by atoms with Crippen LogP contribution in [0.25, 0.3) is 0 Å². The van der Waals surface area contributed by atoms with Gasteiger partial charge in [0.05, 0.1) is 17.2 Å². The van der Waals surface area contributed by atoms with Crippen LogP contribution >= 0.6 is 39.0 Å². The molecule has 1 aromatic heterocycles. The second kappa shape index (κ2) is 10.3. The molecular weight excluding hydrogens is 460 g/mol. The molecule has 3 rings (SSSR count). The average Bonchev–Trinajstić information content (AvgIpc) is 2.94. The molecule has 0 aliphatic carbocycles. The predicted molar refractivity (Wildman–Crippen MR) is 120 cm³/mol. The summed E-state index contributed by atoms with van der Waals surface area (Å²) in [5, 5.41) is 5.93. The van der Waals surface area contributed by atoms with E-state index in [0.29, 0.717) is 12.3 Å². The number of hydrogen-bond donors (Lipinski definition) is 1. The van der Waals surface area contributed by atoms with Crippen molar-refractivity contribution in [1.82, 2.24) is 9.88 Å². The zero-order chi connectivity index (χ0) is 19.9. The van der Waals surface area contributed by atoms with Crippen LogP contribution in [-0.4, -0.2) is 59.4 Å². The number of carbonyl (C=O) groups excluding carboxylic acids is 2. The minimum absolute atomic E-state index is 0.0948. The van der Waals surface area contributed by atoms with E-state index >= 15 is 0 Å². The molecule has 0 bridgehead atoms. The molecule has 1 aromatic carbocycles. The lowest BCUT2D eigenvalue weighted by Crippen LogP contribution is -2.36. The summed E-state index contributed by atoms with van der Waals surface area (Å²) in [5.41, 5.74) is 1.78. The highest BCUT2D eigenvalue weighted by atomic mass is 79.9. The first-order valence-corrected chi connectivity index (χ1v) is 11.9. The third-order valence-corrected chi connectivity index (χ3v) is 6.72. The summed E-state index contributed by atoms with van der Waals surface area (Å²) in [6, 6.07) is 7.46. The van der Waals surface area contributed by atoms with Gasteiger partial charge in [-0.05, 0) is 31.5 Å². The van der Waals surface area contributed by atoms with E-state index in [1.54, 1.807) is 11.3 Å². The zero-order valence-corrected chi connectivity index (χ0v) is 18.9. The topological polar surface area (TPSA) is 65.5 Å². The van der Waals surface area contributed by atoms with Gasteiger partial charge in [0.2, 0.25) is 11.8 Å². The molecule has 2 heterocycles. The second-order valence-corrected chi connectivity index (χ2v) is 9.28. The van der Waals surface area contributed by atoms with Gasteiger partial charge >= 0.3 is 0 Å². The molecule has 2 aromatic rings. The Morgan fingerprint density at radius 2 is 2.11 bits per heavy atom. The van der Waals surface area contributed by atoms with E-state index in [1.165, 1.54) is 11.8 Å². The molecule has 9 heteroatoms. The van der Waals surface area contributed by atoms with Crippen molar-refractivity contribution >= 4 is 61.7 Å². The molecule has 28 heavy (non-hydrogen) atoms. The lowest BCUT2D eigenvalue weighted by Gasteiger charge is -2.21. The van der Waals surface area contributed by atoms with Crippen LogP contribution < -0.4 is 10.2 Å². The van der Waals surface area contributed by atoms with E-state index in [2.05, 4.69) is 36.5 Å². The monoisotopic (exact) mass is 482 g/mol. The number of aromatic nitrogens is 1. The number of nitrogens with zero attached hydrogens (tertiary/aromatic N) is 3. The molecular formula is C19H23BrN4O2S2. The molecule has 0 radical (unpaired) electrons. The Bertz CT molecular complexity index is 830. The highest BCUT2D eigenvalue weighted by Gasteiger charge is 2.20. The molecule has 0 unspecified atom stereocenters. The summed E-state index contributed by atoms with van der Waals surface area (Å²) in [7, 11) is 0. The fourth-order valence-electron chi connectivity index (χ4n) is 2.93. The van der Waals surface area contributed by atoms with Crippen molar-refractivity contribution in [2.24, 2.45) is 0 Å². The van der Waals surface area contributed by atoms with E-state index in [1.807, 2.05) is 36.1 Å². The largest absolute Gasteiger partial charge is 0.346 e. The number of benzene rings is 1. The van der Waals surface area contributed by atoms with Crippen molar-refractivity contribution in [3.05, 3.63) is 39.8 Å². The Hall–Kier alpha value is -1.58. The highest BCUT2D eigenvalue weighted by Crippen LogP contribution is 2.21. The van der Waals surface area contributed by atoms with E-state index in [0.717, 1.165) is 47.0 Å². The van der Waals surface area contributed by atoms with Crippen molar-refractivity contribution in [2.45, 2.75) is 13.3 Å². The van der Waals surface area contributed by atoms with E-state index in [-0.39, 0.29) is 17.6 Å². The Morgan fingerprint density at radius 1 is 1.25 bits per heavy atom.